The van der Waals surface area contributed by atoms with Gasteiger partial charge in [0.1, 0.15) is 28.5 Å². The summed E-state index contributed by atoms with van der Waals surface area (Å²) in [5.74, 6) is 1.02. The van der Waals surface area contributed by atoms with E-state index >= 15 is 0 Å². The summed E-state index contributed by atoms with van der Waals surface area (Å²) in [6.45, 7) is 0. The first-order valence-corrected chi connectivity index (χ1v) is 7.84. The fourth-order valence-electron chi connectivity index (χ4n) is 3.03. The highest BCUT2D eigenvalue weighted by Crippen LogP contribution is 2.26. The van der Waals surface area contributed by atoms with Gasteiger partial charge in [-0.1, -0.05) is 6.07 Å². The van der Waals surface area contributed by atoms with Crippen molar-refractivity contribution in [2.45, 2.75) is 0 Å². The van der Waals surface area contributed by atoms with Crippen LogP contribution in [0.25, 0.3) is 27.6 Å². The second kappa shape index (κ2) is 5.90. The summed E-state index contributed by atoms with van der Waals surface area (Å²) in [6, 6.07) is 16.1. The number of pyridine rings is 2. The number of rotatable bonds is 2. The van der Waals surface area contributed by atoms with Gasteiger partial charge >= 0.3 is 5.63 Å². The molecule has 0 unspecified atom stereocenters. The van der Waals surface area contributed by atoms with Crippen LogP contribution in [0.2, 0.25) is 0 Å². The van der Waals surface area contributed by atoms with Crippen LogP contribution in [0.4, 0.5) is 0 Å². The molecule has 6 nitrogen and oxygen atoms in total. The maximum Gasteiger partial charge on any atom is 0.348 e. The highest BCUT2D eigenvalue weighted by atomic mass is 16.5. The van der Waals surface area contributed by atoms with Crippen LogP contribution < -0.4 is 15.9 Å². The second-order valence-corrected chi connectivity index (χ2v) is 5.71. The Hall–Kier alpha value is -3.85. The normalized spacial score (nSPS) is 10.8. The molecule has 0 fully saturated rings. The van der Waals surface area contributed by atoms with Crippen molar-refractivity contribution in [3.8, 4) is 23.1 Å². The number of nitrogens with zero attached hydrogens (tertiary/aromatic N) is 2. The Morgan fingerprint density at radius 1 is 1.19 bits per heavy atom. The molecule has 0 aliphatic carbocycles. The summed E-state index contributed by atoms with van der Waals surface area (Å²) in [5, 5.41) is 18.5. The maximum absolute atomic E-state index is 12.6. The third-order valence-corrected chi connectivity index (χ3v) is 4.30. The highest BCUT2D eigenvalue weighted by Gasteiger charge is 2.15. The lowest BCUT2D eigenvalue weighted by molar-refractivity contribution is 0.415. The van der Waals surface area contributed by atoms with Crippen LogP contribution in [-0.2, 0) is 0 Å². The van der Waals surface area contributed by atoms with Crippen LogP contribution in [0.3, 0.4) is 0 Å². The Bertz CT molecular complexity index is 1310. The summed E-state index contributed by atoms with van der Waals surface area (Å²) in [4.78, 5) is 12.6. The molecule has 3 aromatic heterocycles. The number of nitriles is 1. The zero-order valence-electron chi connectivity index (χ0n) is 13.8. The van der Waals surface area contributed by atoms with Gasteiger partial charge in [-0.15, -0.1) is 0 Å². The molecule has 1 N–H and O–H groups in total. The standard InChI is InChI=1S/C20H13N3O3/c1-25-13-7-5-12(6-8-13)17-10-14-15(11-21)16-4-2-3-9-23(16)19(22)18(14)20(24)26-17/h2-10,22H,1H3. The van der Waals surface area contributed by atoms with Crippen molar-refractivity contribution in [2.75, 3.05) is 7.11 Å². The first kappa shape index (κ1) is 15.7. The molecule has 4 aromatic rings. The largest absolute Gasteiger partial charge is 0.497 e. The summed E-state index contributed by atoms with van der Waals surface area (Å²) >= 11 is 0. The van der Waals surface area contributed by atoms with E-state index in [1.54, 1.807) is 61.8 Å². The quantitative estimate of drug-likeness (QED) is 0.566. The van der Waals surface area contributed by atoms with Gasteiger partial charge in [-0.25, -0.2) is 4.79 Å². The molecule has 4 rings (SSSR count). The van der Waals surface area contributed by atoms with Crippen molar-refractivity contribution in [2.24, 2.45) is 0 Å². The molecular formula is C20H13N3O3. The molecule has 0 amide bonds. The van der Waals surface area contributed by atoms with Crippen molar-refractivity contribution in [3.05, 3.63) is 76.2 Å². The van der Waals surface area contributed by atoms with E-state index in [1.165, 1.54) is 4.40 Å². The van der Waals surface area contributed by atoms with E-state index in [0.29, 0.717) is 33.5 Å². The third-order valence-electron chi connectivity index (χ3n) is 4.30. The molecule has 0 spiro atoms. The molecule has 1 aromatic carbocycles. The number of nitrogens with one attached hydrogen (secondary N) is 1. The van der Waals surface area contributed by atoms with Gasteiger partial charge in [0.15, 0.2) is 0 Å². The van der Waals surface area contributed by atoms with E-state index < -0.39 is 5.63 Å². The van der Waals surface area contributed by atoms with Crippen molar-refractivity contribution < 1.29 is 9.15 Å². The van der Waals surface area contributed by atoms with Crippen LogP contribution in [0.15, 0.2) is 63.9 Å². The number of methoxy groups -OCH3 is 1. The topological polar surface area (TPSA) is 91.5 Å². The number of hydrogen-bond acceptors (Lipinski definition) is 5. The lowest BCUT2D eigenvalue weighted by atomic mass is 10.0. The highest BCUT2D eigenvalue weighted by molar-refractivity contribution is 5.93. The molecule has 0 atom stereocenters. The summed E-state index contributed by atoms with van der Waals surface area (Å²) in [5.41, 5.74) is 0.928. The van der Waals surface area contributed by atoms with Gasteiger partial charge < -0.3 is 13.6 Å². The number of aromatic nitrogens is 1. The molecule has 26 heavy (non-hydrogen) atoms. The van der Waals surface area contributed by atoms with E-state index in [0.717, 1.165) is 0 Å². The van der Waals surface area contributed by atoms with E-state index in [1.807, 2.05) is 0 Å². The lowest BCUT2D eigenvalue weighted by Gasteiger charge is -2.09. The number of fused-ring (bicyclic) bond motifs is 2. The Kier molecular flexibility index (Phi) is 3.55. The predicted molar refractivity (Wildman–Crippen MR) is 96.0 cm³/mol. The second-order valence-electron chi connectivity index (χ2n) is 5.71. The van der Waals surface area contributed by atoms with Crippen molar-refractivity contribution in [3.63, 3.8) is 0 Å². The maximum atomic E-state index is 12.6. The molecule has 0 bridgehead atoms. The summed E-state index contributed by atoms with van der Waals surface area (Å²) in [7, 11) is 1.57. The number of hydrogen-bond donors (Lipinski definition) is 1. The van der Waals surface area contributed by atoms with Gasteiger partial charge in [0.25, 0.3) is 0 Å². The Morgan fingerprint density at radius 3 is 2.65 bits per heavy atom. The fourth-order valence-corrected chi connectivity index (χ4v) is 3.03. The number of benzene rings is 1. The van der Waals surface area contributed by atoms with Gasteiger partial charge in [0, 0.05) is 17.1 Å². The molecule has 0 aliphatic heterocycles. The molecule has 0 saturated heterocycles. The van der Waals surface area contributed by atoms with Crippen LogP contribution in [0.1, 0.15) is 5.56 Å². The minimum absolute atomic E-state index is 0.00960. The first-order valence-electron chi connectivity index (χ1n) is 7.84. The first-order chi connectivity index (χ1) is 12.6. The minimum Gasteiger partial charge on any atom is -0.497 e. The zero-order chi connectivity index (χ0) is 18.3. The Morgan fingerprint density at radius 2 is 1.96 bits per heavy atom. The molecule has 126 valence electrons. The molecular weight excluding hydrogens is 330 g/mol. The van der Waals surface area contributed by atoms with E-state index in [-0.39, 0.29) is 10.9 Å². The van der Waals surface area contributed by atoms with E-state index in [2.05, 4.69) is 6.07 Å². The molecule has 3 heterocycles. The lowest BCUT2D eigenvalue weighted by Crippen LogP contribution is -2.21. The molecule has 6 heteroatoms. The van der Waals surface area contributed by atoms with Gasteiger partial charge in [0.2, 0.25) is 0 Å². The van der Waals surface area contributed by atoms with Gasteiger partial charge in [-0.3, -0.25) is 5.41 Å². The van der Waals surface area contributed by atoms with Crippen LogP contribution in [0.5, 0.6) is 5.75 Å². The van der Waals surface area contributed by atoms with Crippen molar-refractivity contribution in [1.82, 2.24) is 4.40 Å². The van der Waals surface area contributed by atoms with Gasteiger partial charge in [-0.05, 0) is 42.5 Å². The third kappa shape index (κ3) is 2.26. The minimum atomic E-state index is -0.645. The average Bonchev–Trinajstić information content (AvgIpc) is 2.68. The van der Waals surface area contributed by atoms with Gasteiger partial charge in [0.05, 0.1) is 18.2 Å². The molecule has 0 aliphatic rings. The molecule has 0 saturated carbocycles. The smallest absolute Gasteiger partial charge is 0.348 e. The average molecular weight is 343 g/mol. The monoisotopic (exact) mass is 343 g/mol. The zero-order valence-corrected chi connectivity index (χ0v) is 13.8. The van der Waals surface area contributed by atoms with E-state index in [9.17, 15) is 10.1 Å². The van der Waals surface area contributed by atoms with Crippen LogP contribution in [0, 0.1) is 16.7 Å². The fraction of sp³-hybridized carbons (Fsp3) is 0.0500. The van der Waals surface area contributed by atoms with Gasteiger partial charge in [-0.2, -0.15) is 5.26 Å². The van der Waals surface area contributed by atoms with Crippen LogP contribution >= 0.6 is 0 Å². The predicted octanol–water partition coefficient (Wildman–Crippen LogP) is 3.07. The number of ether oxygens (including phenoxy) is 1. The Labute approximate surface area is 147 Å². The van der Waals surface area contributed by atoms with Crippen molar-refractivity contribution >= 4 is 16.3 Å². The SMILES string of the molecule is COc1ccc(-c2cc3c(C#N)c4ccccn4c(=N)c3c(=O)o2)cc1. The summed E-state index contributed by atoms with van der Waals surface area (Å²) in [6.07, 6.45) is 1.65. The van der Waals surface area contributed by atoms with E-state index in [4.69, 9.17) is 14.6 Å². The van der Waals surface area contributed by atoms with Crippen molar-refractivity contribution in [1.29, 1.82) is 10.7 Å². The summed E-state index contributed by atoms with van der Waals surface area (Å²) < 4.78 is 12.1. The van der Waals surface area contributed by atoms with Crippen LogP contribution in [-0.4, -0.2) is 11.5 Å². The molecule has 0 radical (unpaired) electrons. The Balaban J connectivity index is 2.11.